The van der Waals surface area contributed by atoms with Gasteiger partial charge >= 0.3 is 0 Å². The molecule has 1 heterocycles. The summed E-state index contributed by atoms with van der Waals surface area (Å²) in [5.41, 5.74) is 0.517. The topological polar surface area (TPSA) is 18.5 Å². The van der Waals surface area contributed by atoms with E-state index in [9.17, 15) is 0 Å². The first-order chi connectivity index (χ1) is 9.03. The maximum absolute atomic E-state index is 3.63. The van der Waals surface area contributed by atoms with Gasteiger partial charge in [0.05, 0.1) is 0 Å². The predicted octanol–water partition coefficient (Wildman–Crippen LogP) is 2.43. The summed E-state index contributed by atoms with van der Waals surface area (Å²) >= 11 is 0. The second-order valence-corrected chi connectivity index (χ2v) is 6.70. The third kappa shape index (κ3) is 5.41. The minimum absolute atomic E-state index is 0.517. The predicted molar refractivity (Wildman–Crippen MR) is 84.7 cm³/mol. The van der Waals surface area contributed by atoms with E-state index in [1.54, 1.807) is 0 Å². The van der Waals surface area contributed by atoms with Crippen molar-refractivity contribution < 1.29 is 0 Å². The molecule has 0 aromatic heterocycles. The third-order valence-corrected chi connectivity index (χ3v) is 4.54. The summed E-state index contributed by atoms with van der Waals surface area (Å²) in [5.74, 6) is 0. The van der Waals surface area contributed by atoms with Crippen molar-refractivity contribution in [3.8, 4) is 0 Å². The van der Waals surface area contributed by atoms with Gasteiger partial charge in [-0.1, -0.05) is 20.3 Å². The lowest BCUT2D eigenvalue weighted by molar-refractivity contribution is 0.0767. The lowest BCUT2D eigenvalue weighted by Crippen LogP contribution is -2.51. The number of hydrogen-bond donors (Lipinski definition) is 1. The Morgan fingerprint density at radius 1 is 1.26 bits per heavy atom. The van der Waals surface area contributed by atoms with Gasteiger partial charge in [0.15, 0.2) is 0 Å². The van der Waals surface area contributed by atoms with E-state index in [0.717, 1.165) is 6.54 Å². The first kappa shape index (κ1) is 16.9. The van der Waals surface area contributed by atoms with Gasteiger partial charge < -0.3 is 10.2 Å². The summed E-state index contributed by atoms with van der Waals surface area (Å²) in [6.45, 7) is 13.0. The van der Waals surface area contributed by atoms with Crippen LogP contribution in [0.5, 0.6) is 0 Å². The van der Waals surface area contributed by atoms with Crippen molar-refractivity contribution in [2.45, 2.75) is 52.5 Å². The second-order valence-electron chi connectivity index (χ2n) is 6.70. The van der Waals surface area contributed by atoms with Crippen LogP contribution in [0.25, 0.3) is 0 Å². The number of rotatable bonds is 8. The van der Waals surface area contributed by atoms with E-state index in [1.807, 2.05) is 0 Å². The van der Waals surface area contributed by atoms with Gasteiger partial charge in [0.1, 0.15) is 0 Å². The van der Waals surface area contributed by atoms with Crippen molar-refractivity contribution in [3.05, 3.63) is 0 Å². The minimum Gasteiger partial charge on any atom is -0.316 e. The van der Waals surface area contributed by atoms with Gasteiger partial charge in [0.25, 0.3) is 0 Å². The molecule has 0 aromatic rings. The highest BCUT2D eigenvalue weighted by atomic mass is 15.2. The minimum atomic E-state index is 0.517. The first-order valence-corrected chi connectivity index (χ1v) is 8.12. The molecule has 1 saturated heterocycles. The molecule has 0 aromatic carbocycles. The molecule has 0 saturated carbocycles. The van der Waals surface area contributed by atoms with Crippen molar-refractivity contribution in [1.29, 1.82) is 0 Å². The number of hydrogen-bond acceptors (Lipinski definition) is 3. The summed E-state index contributed by atoms with van der Waals surface area (Å²) in [5, 5.41) is 3.63. The van der Waals surface area contributed by atoms with E-state index in [0.29, 0.717) is 11.5 Å². The van der Waals surface area contributed by atoms with Crippen LogP contribution >= 0.6 is 0 Å². The van der Waals surface area contributed by atoms with E-state index >= 15 is 0 Å². The summed E-state index contributed by atoms with van der Waals surface area (Å²) in [7, 11) is 4.35. The molecule has 2 unspecified atom stereocenters. The van der Waals surface area contributed by atoms with Crippen LogP contribution in [0.2, 0.25) is 0 Å². The van der Waals surface area contributed by atoms with Crippen molar-refractivity contribution in [2.24, 2.45) is 5.41 Å². The molecule has 3 heteroatoms. The quantitative estimate of drug-likeness (QED) is 0.730. The maximum Gasteiger partial charge on any atom is 0.0194 e. The third-order valence-electron chi connectivity index (χ3n) is 4.54. The van der Waals surface area contributed by atoms with E-state index in [2.05, 4.69) is 50.0 Å². The Kier molecular flexibility index (Phi) is 7.33. The zero-order chi connectivity index (χ0) is 14.3. The lowest BCUT2D eigenvalue weighted by atomic mass is 9.76. The van der Waals surface area contributed by atoms with Crippen LogP contribution in [0.1, 0.15) is 46.5 Å². The van der Waals surface area contributed by atoms with Gasteiger partial charge in [-0.25, -0.2) is 0 Å². The summed E-state index contributed by atoms with van der Waals surface area (Å²) in [6, 6.07) is 0.649. The van der Waals surface area contributed by atoms with Crippen LogP contribution in [0.3, 0.4) is 0 Å². The van der Waals surface area contributed by atoms with Crippen LogP contribution in [0.4, 0.5) is 0 Å². The molecule has 0 spiro atoms. The molecule has 0 radical (unpaired) electrons. The van der Waals surface area contributed by atoms with Gasteiger partial charge in [-0.15, -0.1) is 0 Å². The molecule has 1 aliphatic heterocycles. The molecule has 1 rings (SSSR count). The van der Waals surface area contributed by atoms with E-state index in [4.69, 9.17) is 0 Å². The SMILES string of the molecule is CCCC1(CN(CC)C(C)CN(C)C)CCCNC1. The molecule has 2 atom stereocenters. The van der Waals surface area contributed by atoms with Gasteiger partial charge in [-0.05, 0) is 58.8 Å². The molecule has 3 nitrogen and oxygen atoms in total. The molecule has 114 valence electrons. The Morgan fingerprint density at radius 2 is 2.00 bits per heavy atom. The molecule has 0 bridgehead atoms. The number of likely N-dealkylation sites (N-methyl/N-ethyl adjacent to an activating group) is 2. The standard InChI is InChI=1S/C16H35N3/c1-6-9-16(10-8-11-17-13-16)14-19(7-2)15(3)12-18(4)5/h15,17H,6-14H2,1-5H3. The molecular weight excluding hydrogens is 234 g/mol. The lowest BCUT2D eigenvalue weighted by Gasteiger charge is -2.43. The molecule has 1 N–H and O–H groups in total. The van der Waals surface area contributed by atoms with Gasteiger partial charge in [-0.2, -0.15) is 0 Å². The summed E-state index contributed by atoms with van der Waals surface area (Å²) in [6.07, 6.45) is 5.42. The molecule has 0 aliphatic carbocycles. The van der Waals surface area contributed by atoms with Crippen LogP contribution < -0.4 is 5.32 Å². The van der Waals surface area contributed by atoms with Crippen molar-refractivity contribution >= 4 is 0 Å². The second kappa shape index (κ2) is 8.23. The Hall–Kier alpha value is -0.120. The van der Waals surface area contributed by atoms with Crippen molar-refractivity contribution in [3.63, 3.8) is 0 Å². The molecule has 0 amide bonds. The number of nitrogens with zero attached hydrogens (tertiary/aromatic N) is 2. The highest BCUT2D eigenvalue weighted by Crippen LogP contribution is 2.33. The van der Waals surface area contributed by atoms with Crippen molar-refractivity contribution in [2.75, 3.05) is 46.8 Å². The number of nitrogens with one attached hydrogen (secondary N) is 1. The van der Waals surface area contributed by atoms with E-state index < -0.39 is 0 Å². The summed E-state index contributed by atoms with van der Waals surface area (Å²) < 4.78 is 0. The monoisotopic (exact) mass is 269 g/mol. The zero-order valence-corrected chi connectivity index (χ0v) is 13.8. The Bertz CT molecular complexity index is 229. The summed E-state index contributed by atoms with van der Waals surface area (Å²) in [4.78, 5) is 4.99. The van der Waals surface area contributed by atoms with E-state index in [-0.39, 0.29) is 0 Å². The van der Waals surface area contributed by atoms with Crippen molar-refractivity contribution in [1.82, 2.24) is 15.1 Å². The van der Waals surface area contributed by atoms with Gasteiger partial charge in [0, 0.05) is 25.7 Å². The number of piperidine rings is 1. The fourth-order valence-electron chi connectivity index (χ4n) is 3.64. The van der Waals surface area contributed by atoms with Gasteiger partial charge in [0.2, 0.25) is 0 Å². The van der Waals surface area contributed by atoms with Crippen LogP contribution in [-0.4, -0.2) is 62.7 Å². The maximum atomic E-state index is 3.63. The Morgan fingerprint density at radius 3 is 2.47 bits per heavy atom. The first-order valence-electron chi connectivity index (χ1n) is 8.12. The normalized spacial score (nSPS) is 26.1. The fourth-order valence-corrected chi connectivity index (χ4v) is 3.64. The zero-order valence-electron chi connectivity index (χ0n) is 13.8. The molecule has 19 heavy (non-hydrogen) atoms. The van der Waals surface area contributed by atoms with Crippen LogP contribution in [0, 0.1) is 5.41 Å². The highest BCUT2D eigenvalue weighted by molar-refractivity contribution is 4.89. The van der Waals surface area contributed by atoms with Crippen LogP contribution in [0.15, 0.2) is 0 Å². The van der Waals surface area contributed by atoms with Gasteiger partial charge in [-0.3, -0.25) is 4.90 Å². The Labute approximate surface area is 120 Å². The Balaban J connectivity index is 2.63. The highest BCUT2D eigenvalue weighted by Gasteiger charge is 2.33. The molecule has 1 aliphatic rings. The average molecular weight is 269 g/mol. The van der Waals surface area contributed by atoms with Crippen LogP contribution in [-0.2, 0) is 0 Å². The fraction of sp³-hybridized carbons (Fsp3) is 1.00. The molecular formula is C16H35N3. The molecule has 1 fully saturated rings. The smallest absolute Gasteiger partial charge is 0.0194 e. The van der Waals surface area contributed by atoms with E-state index in [1.165, 1.54) is 51.9 Å². The largest absolute Gasteiger partial charge is 0.316 e. The average Bonchev–Trinajstić information content (AvgIpc) is 2.36.